The van der Waals surface area contributed by atoms with Crippen LogP contribution in [0.2, 0.25) is 5.02 Å². The zero-order valence-corrected chi connectivity index (χ0v) is 9.50. The topological polar surface area (TPSA) is 20.3 Å². The van der Waals surface area contributed by atoms with Gasteiger partial charge in [0.2, 0.25) is 5.91 Å². The van der Waals surface area contributed by atoms with Gasteiger partial charge in [0.25, 0.3) is 0 Å². The Labute approximate surface area is 94.8 Å². The number of carbonyl (C=O) groups excluding carboxylic acids is 1. The number of hydrogen-bond acceptors (Lipinski definition) is 1. The third-order valence-electron chi connectivity index (χ3n) is 2.83. The zero-order valence-electron chi connectivity index (χ0n) is 8.74. The van der Waals surface area contributed by atoms with Crippen LogP contribution in [0.3, 0.4) is 0 Å². The van der Waals surface area contributed by atoms with Gasteiger partial charge in [0, 0.05) is 23.2 Å². The third kappa shape index (κ3) is 2.15. The van der Waals surface area contributed by atoms with Gasteiger partial charge in [-0.3, -0.25) is 4.79 Å². The average molecular weight is 224 g/mol. The van der Waals surface area contributed by atoms with Crippen LogP contribution in [0.4, 0.5) is 5.69 Å². The van der Waals surface area contributed by atoms with Crippen LogP contribution >= 0.6 is 11.6 Å². The molecule has 0 aromatic heterocycles. The van der Waals surface area contributed by atoms with Crippen molar-refractivity contribution in [3.63, 3.8) is 0 Å². The number of halogens is 1. The minimum absolute atomic E-state index is 0.219. The molecule has 0 spiro atoms. The number of rotatable bonds is 1. The summed E-state index contributed by atoms with van der Waals surface area (Å²) in [6, 6.07) is 7.76. The highest BCUT2D eigenvalue weighted by atomic mass is 35.5. The summed E-state index contributed by atoms with van der Waals surface area (Å²) < 4.78 is 0. The summed E-state index contributed by atoms with van der Waals surface area (Å²) in [5.74, 6) is 0.219. The molecule has 1 aliphatic heterocycles. The largest absolute Gasteiger partial charge is 0.310 e. The van der Waals surface area contributed by atoms with E-state index in [0.717, 1.165) is 18.5 Å². The van der Waals surface area contributed by atoms with Gasteiger partial charge in [-0.05, 0) is 44.0 Å². The zero-order chi connectivity index (χ0) is 10.8. The molecule has 15 heavy (non-hydrogen) atoms. The average Bonchev–Trinajstić information content (AvgIpc) is 2.20. The van der Waals surface area contributed by atoms with Crippen LogP contribution in [0.5, 0.6) is 0 Å². The molecule has 80 valence electrons. The molecule has 1 aliphatic rings. The smallest absolute Gasteiger partial charge is 0.227 e. The predicted molar refractivity (Wildman–Crippen MR) is 62.3 cm³/mol. The summed E-state index contributed by atoms with van der Waals surface area (Å²) in [4.78, 5) is 13.7. The predicted octanol–water partition coefficient (Wildman–Crippen LogP) is 3.25. The summed E-state index contributed by atoms with van der Waals surface area (Å²) in [6.45, 7) is 2.09. The number of piperidine rings is 1. The Morgan fingerprint density at radius 1 is 1.33 bits per heavy atom. The molecule has 1 atom stereocenters. The van der Waals surface area contributed by atoms with E-state index in [4.69, 9.17) is 11.6 Å². The first-order chi connectivity index (χ1) is 7.18. The van der Waals surface area contributed by atoms with Crippen LogP contribution in [0.25, 0.3) is 0 Å². The molecule has 2 rings (SSSR count). The van der Waals surface area contributed by atoms with Crippen LogP contribution in [-0.2, 0) is 4.79 Å². The van der Waals surface area contributed by atoms with Crippen molar-refractivity contribution in [2.45, 2.75) is 32.2 Å². The maximum absolute atomic E-state index is 11.8. The first-order valence-electron chi connectivity index (χ1n) is 5.26. The van der Waals surface area contributed by atoms with E-state index in [2.05, 4.69) is 6.92 Å². The van der Waals surface area contributed by atoms with Crippen LogP contribution < -0.4 is 4.90 Å². The van der Waals surface area contributed by atoms with Crippen molar-refractivity contribution in [2.75, 3.05) is 4.90 Å². The number of anilines is 1. The Morgan fingerprint density at radius 3 is 2.60 bits per heavy atom. The fourth-order valence-corrected chi connectivity index (χ4v) is 2.17. The molecular formula is C12H14ClNO. The van der Waals surface area contributed by atoms with Crippen LogP contribution in [0.1, 0.15) is 26.2 Å². The number of carbonyl (C=O) groups is 1. The number of nitrogens with zero attached hydrogens (tertiary/aromatic N) is 1. The van der Waals surface area contributed by atoms with Gasteiger partial charge in [-0.25, -0.2) is 0 Å². The molecule has 0 bridgehead atoms. The molecule has 1 saturated heterocycles. The highest BCUT2D eigenvalue weighted by Gasteiger charge is 2.25. The molecule has 2 nitrogen and oxygen atoms in total. The van der Waals surface area contributed by atoms with E-state index in [1.807, 2.05) is 29.2 Å². The Balaban J connectivity index is 2.27. The normalized spacial score (nSPS) is 21.9. The molecule has 0 saturated carbocycles. The van der Waals surface area contributed by atoms with Crippen LogP contribution in [-0.4, -0.2) is 11.9 Å². The van der Waals surface area contributed by atoms with Gasteiger partial charge in [-0.1, -0.05) is 11.6 Å². The SMILES string of the molecule is CC1CCCC(=O)N1c1ccc(Cl)cc1. The number of amides is 1. The van der Waals surface area contributed by atoms with E-state index in [0.29, 0.717) is 17.5 Å². The fraction of sp³-hybridized carbons (Fsp3) is 0.417. The lowest BCUT2D eigenvalue weighted by molar-refractivity contribution is -0.120. The van der Waals surface area contributed by atoms with Gasteiger partial charge < -0.3 is 4.90 Å². The van der Waals surface area contributed by atoms with Crippen LogP contribution in [0, 0.1) is 0 Å². The van der Waals surface area contributed by atoms with E-state index in [1.54, 1.807) is 0 Å². The second kappa shape index (κ2) is 4.23. The molecule has 1 unspecified atom stereocenters. The van der Waals surface area contributed by atoms with E-state index < -0.39 is 0 Å². The van der Waals surface area contributed by atoms with Gasteiger partial charge in [0.1, 0.15) is 0 Å². The molecular weight excluding hydrogens is 210 g/mol. The molecule has 1 aromatic carbocycles. The Hall–Kier alpha value is -1.02. The lowest BCUT2D eigenvalue weighted by atomic mass is 10.0. The molecule has 1 heterocycles. The van der Waals surface area contributed by atoms with E-state index in [1.165, 1.54) is 0 Å². The summed E-state index contributed by atoms with van der Waals surface area (Å²) in [5, 5.41) is 0.705. The highest BCUT2D eigenvalue weighted by Crippen LogP contribution is 2.26. The number of hydrogen-bond donors (Lipinski definition) is 0. The van der Waals surface area contributed by atoms with Gasteiger partial charge in [-0.2, -0.15) is 0 Å². The fourth-order valence-electron chi connectivity index (χ4n) is 2.04. The van der Waals surface area contributed by atoms with Crippen molar-refractivity contribution < 1.29 is 4.79 Å². The van der Waals surface area contributed by atoms with Gasteiger partial charge >= 0.3 is 0 Å². The van der Waals surface area contributed by atoms with Crippen molar-refractivity contribution in [2.24, 2.45) is 0 Å². The quantitative estimate of drug-likeness (QED) is 0.716. The van der Waals surface area contributed by atoms with Gasteiger partial charge in [0.15, 0.2) is 0 Å². The van der Waals surface area contributed by atoms with Gasteiger partial charge in [-0.15, -0.1) is 0 Å². The maximum atomic E-state index is 11.8. The van der Waals surface area contributed by atoms with Gasteiger partial charge in [0.05, 0.1) is 0 Å². The highest BCUT2D eigenvalue weighted by molar-refractivity contribution is 6.30. The van der Waals surface area contributed by atoms with Crippen LogP contribution in [0.15, 0.2) is 24.3 Å². The summed E-state index contributed by atoms with van der Waals surface area (Å²) >= 11 is 5.82. The Morgan fingerprint density at radius 2 is 2.00 bits per heavy atom. The molecule has 0 radical (unpaired) electrons. The summed E-state index contributed by atoms with van der Waals surface area (Å²) in [7, 11) is 0. The lowest BCUT2D eigenvalue weighted by Gasteiger charge is -2.33. The standard InChI is InChI=1S/C12H14ClNO/c1-9-3-2-4-12(15)14(9)11-7-5-10(13)6-8-11/h5-9H,2-4H2,1H3. The summed E-state index contributed by atoms with van der Waals surface area (Å²) in [6.07, 6.45) is 2.74. The summed E-state index contributed by atoms with van der Waals surface area (Å²) in [5.41, 5.74) is 0.955. The lowest BCUT2D eigenvalue weighted by Crippen LogP contribution is -2.41. The van der Waals surface area contributed by atoms with Crippen molar-refractivity contribution in [1.82, 2.24) is 0 Å². The van der Waals surface area contributed by atoms with Crippen molar-refractivity contribution in [3.05, 3.63) is 29.3 Å². The molecule has 3 heteroatoms. The molecule has 0 N–H and O–H groups in total. The third-order valence-corrected chi connectivity index (χ3v) is 3.08. The minimum atomic E-state index is 0.219. The molecule has 1 amide bonds. The molecule has 0 aliphatic carbocycles. The first kappa shape index (κ1) is 10.5. The van der Waals surface area contributed by atoms with E-state index in [-0.39, 0.29) is 5.91 Å². The van der Waals surface area contributed by atoms with Crippen molar-refractivity contribution >= 4 is 23.2 Å². The van der Waals surface area contributed by atoms with Crippen molar-refractivity contribution in [3.8, 4) is 0 Å². The Kier molecular flexibility index (Phi) is 2.96. The second-order valence-corrected chi connectivity index (χ2v) is 4.42. The monoisotopic (exact) mass is 223 g/mol. The Bertz CT molecular complexity index is 360. The van der Waals surface area contributed by atoms with Crippen molar-refractivity contribution in [1.29, 1.82) is 0 Å². The molecule has 1 aromatic rings. The molecule has 1 fully saturated rings. The number of benzene rings is 1. The van der Waals surface area contributed by atoms with E-state index in [9.17, 15) is 4.79 Å². The first-order valence-corrected chi connectivity index (χ1v) is 5.64. The second-order valence-electron chi connectivity index (χ2n) is 3.98. The van der Waals surface area contributed by atoms with E-state index >= 15 is 0 Å². The maximum Gasteiger partial charge on any atom is 0.227 e. The minimum Gasteiger partial charge on any atom is -0.310 e.